The lowest BCUT2D eigenvalue weighted by atomic mass is 9.89. The Labute approximate surface area is 245 Å². The Morgan fingerprint density at radius 1 is 0.385 bits per heavy atom. The number of hydrogen-bond donors (Lipinski definition) is 2. The summed E-state index contributed by atoms with van der Waals surface area (Å²) in [6.07, 6.45) is 39.9. The quantitative estimate of drug-likeness (QED) is 0.0796. The molecular weight excluding hydrogens is 480 g/mol. The number of hydrogen-bond acceptors (Lipinski definition) is 2. The molecule has 1 unspecified atom stereocenters. The van der Waals surface area contributed by atoms with Crippen molar-refractivity contribution in [2.75, 3.05) is 0 Å². The first-order valence-electron chi connectivity index (χ1n) is 18.0. The molecule has 0 fully saturated rings. The monoisotopic (exact) mass is 553 g/mol. The first-order chi connectivity index (χ1) is 19.1. The van der Waals surface area contributed by atoms with Crippen LogP contribution in [0.4, 0.5) is 0 Å². The number of rotatable bonds is 33. The molecule has 39 heavy (non-hydrogen) atoms. The van der Waals surface area contributed by atoms with Crippen LogP contribution in [-0.2, 0) is 4.79 Å². The van der Waals surface area contributed by atoms with E-state index in [0.29, 0.717) is 12.8 Å². The number of carbonyl (C=O) groups is 1. The summed E-state index contributed by atoms with van der Waals surface area (Å²) in [5.74, 6) is -1.02. The molecule has 1 atom stereocenters. The van der Waals surface area contributed by atoms with Crippen LogP contribution in [0.3, 0.4) is 0 Å². The van der Waals surface area contributed by atoms with Crippen LogP contribution in [0.15, 0.2) is 0 Å². The molecule has 0 aromatic carbocycles. The summed E-state index contributed by atoms with van der Waals surface area (Å²) >= 11 is 0. The number of carboxylic acids is 1. The lowest BCUT2D eigenvalue weighted by Crippen LogP contribution is -2.38. The maximum atomic E-state index is 11.7. The van der Waals surface area contributed by atoms with Gasteiger partial charge < -0.3 is 10.2 Å². The van der Waals surface area contributed by atoms with Crippen molar-refractivity contribution in [2.45, 2.75) is 225 Å². The summed E-state index contributed by atoms with van der Waals surface area (Å²) in [6.45, 7) is 4.55. The average molecular weight is 553 g/mol. The van der Waals surface area contributed by atoms with Gasteiger partial charge in [0, 0.05) is 0 Å². The molecule has 0 aliphatic heterocycles. The molecule has 3 heteroatoms. The van der Waals surface area contributed by atoms with E-state index in [9.17, 15) is 15.0 Å². The zero-order valence-corrected chi connectivity index (χ0v) is 26.9. The van der Waals surface area contributed by atoms with Crippen molar-refractivity contribution in [1.29, 1.82) is 0 Å². The third-order valence-electron chi connectivity index (χ3n) is 8.79. The number of aliphatic carboxylic acids is 1. The summed E-state index contributed by atoms with van der Waals surface area (Å²) in [7, 11) is 0. The predicted molar refractivity (Wildman–Crippen MR) is 172 cm³/mol. The molecule has 0 aliphatic rings. The molecule has 0 aliphatic carbocycles. The Morgan fingerprint density at radius 3 is 0.744 bits per heavy atom. The Hall–Kier alpha value is -0.570. The fourth-order valence-corrected chi connectivity index (χ4v) is 5.92. The van der Waals surface area contributed by atoms with Crippen molar-refractivity contribution in [2.24, 2.45) is 0 Å². The molecule has 0 aromatic rings. The number of unbranched alkanes of at least 4 members (excludes halogenated alkanes) is 28. The Balaban J connectivity index is 3.53. The molecule has 0 saturated heterocycles. The lowest BCUT2D eigenvalue weighted by molar-refractivity contribution is -0.160. The summed E-state index contributed by atoms with van der Waals surface area (Å²) in [6, 6.07) is 0. The van der Waals surface area contributed by atoms with Crippen molar-refractivity contribution in [3.8, 4) is 0 Å². The minimum atomic E-state index is -1.51. The van der Waals surface area contributed by atoms with Gasteiger partial charge in [-0.15, -0.1) is 0 Å². The number of aliphatic hydroxyl groups is 1. The van der Waals surface area contributed by atoms with Gasteiger partial charge in [-0.25, -0.2) is 4.79 Å². The van der Waals surface area contributed by atoms with Crippen molar-refractivity contribution in [3.05, 3.63) is 0 Å². The first-order valence-corrected chi connectivity index (χ1v) is 18.0. The highest BCUT2D eigenvalue weighted by molar-refractivity contribution is 5.76. The maximum Gasteiger partial charge on any atom is 0.335 e. The van der Waals surface area contributed by atoms with Gasteiger partial charge in [-0.2, -0.15) is 0 Å². The van der Waals surface area contributed by atoms with Crippen LogP contribution < -0.4 is 0 Å². The van der Waals surface area contributed by atoms with Crippen LogP contribution in [-0.4, -0.2) is 21.8 Å². The number of carboxylic acid groups (broad SMARTS) is 1. The third-order valence-corrected chi connectivity index (χ3v) is 8.79. The molecule has 0 saturated carbocycles. The van der Waals surface area contributed by atoms with Crippen LogP contribution in [0.5, 0.6) is 0 Å². The molecule has 234 valence electrons. The zero-order chi connectivity index (χ0) is 28.7. The minimum absolute atomic E-state index is 0.416. The second kappa shape index (κ2) is 30.4. The van der Waals surface area contributed by atoms with Gasteiger partial charge in [0.1, 0.15) is 0 Å². The Bertz CT molecular complexity index is 492. The predicted octanol–water partition coefficient (Wildman–Crippen LogP) is 12.3. The molecule has 0 amide bonds. The largest absolute Gasteiger partial charge is 0.479 e. The summed E-state index contributed by atoms with van der Waals surface area (Å²) in [4.78, 5) is 11.7. The van der Waals surface area contributed by atoms with Gasteiger partial charge in [-0.3, -0.25) is 0 Å². The highest BCUT2D eigenvalue weighted by Gasteiger charge is 2.34. The van der Waals surface area contributed by atoms with Crippen molar-refractivity contribution < 1.29 is 15.0 Å². The van der Waals surface area contributed by atoms with Crippen molar-refractivity contribution in [1.82, 2.24) is 0 Å². The van der Waals surface area contributed by atoms with E-state index in [-0.39, 0.29) is 0 Å². The zero-order valence-electron chi connectivity index (χ0n) is 26.9. The molecule has 0 heterocycles. The van der Waals surface area contributed by atoms with Crippen molar-refractivity contribution >= 4 is 5.97 Å². The fourth-order valence-electron chi connectivity index (χ4n) is 5.92. The third kappa shape index (κ3) is 27.4. The smallest absolute Gasteiger partial charge is 0.335 e. The fraction of sp³-hybridized carbons (Fsp3) is 0.972. The highest BCUT2D eigenvalue weighted by atomic mass is 16.4. The van der Waals surface area contributed by atoms with Crippen LogP contribution in [0.1, 0.15) is 219 Å². The van der Waals surface area contributed by atoms with E-state index in [2.05, 4.69) is 13.8 Å². The van der Waals surface area contributed by atoms with Gasteiger partial charge >= 0.3 is 5.97 Å². The summed E-state index contributed by atoms with van der Waals surface area (Å²) in [5, 5.41) is 20.3. The van der Waals surface area contributed by atoms with E-state index in [1.165, 1.54) is 167 Å². The van der Waals surface area contributed by atoms with E-state index in [0.717, 1.165) is 25.7 Å². The second-order valence-corrected chi connectivity index (χ2v) is 12.7. The van der Waals surface area contributed by atoms with Gasteiger partial charge in [0.05, 0.1) is 0 Å². The first kappa shape index (κ1) is 38.4. The lowest BCUT2D eigenvalue weighted by Gasteiger charge is -2.23. The molecule has 0 bridgehead atoms. The second-order valence-electron chi connectivity index (χ2n) is 12.7. The maximum absolute atomic E-state index is 11.7. The van der Waals surface area contributed by atoms with Gasteiger partial charge in [0.15, 0.2) is 5.60 Å². The molecule has 0 spiro atoms. The van der Waals surface area contributed by atoms with Gasteiger partial charge in [0.25, 0.3) is 0 Å². The van der Waals surface area contributed by atoms with E-state index in [1.807, 2.05) is 0 Å². The molecule has 0 aromatic heterocycles. The van der Waals surface area contributed by atoms with E-state index in [1.54, 1.807) is 0 Å². The standard InChI is InChI=1S/C36H72O3/c1-3-5-7-9-11-13-15-17-19-20-22-24-26-28-30-32-34-36(39,35(37)38)33-31-29-27-25-23-21-18-16-14-12-10-8-6-4-2/h39H,3-34H2,1-2H3,(H,37,38). The minimum Gasteiger partial charge on any atom is -0.479 e. The summed E-state index contributed by atoms with van der Waals surface area (Å²) in [5.41, 5.74) is -1.51. The molecule has 3 nitrogen and oxygen atoms in total. The van der Waals surface area contributed by atoms with Crippen LogP contribution in [0, 0.1) is 0 Å². The normalized spacial score (nSPS) is 13.1. The van der Waals surface area contributed by atoms with E-state index in [4.69, 9.17) is 0 Å². The van der Waals surface area contributed by atoms with Crippen LogP contribution in [0.2, 0.25) is 0 Å². The van der Waals surface area contributed by atoms with Gasteiger partial charge in [-0.05, 0) is 25.7 Å². The van der Waals surface area contributed by atoms with E-state index < -0.39 is 11.6 Å². The molecule has 2 N–H and O–H groups in total. The molecule has 0 rings (SSSR count). The van der Waals surface area contributed by atoms with Gasteiger partial charge in [-0.1, -0.05) is 194 Å². The Kier molecular flexibility index (Phi) is 29.9. The molecular formula is C36H72O3. The van der Waals surface area contributed by atoms with Crippen molar-refractivity contribution in [3.63, 3.8) is 0 Å². The van der Waals surface area contributed by atoms with E-state index >= 15 is 0 Å². The highest BCUT2D eigenvalue weighted by Crippen LogP contribution is 2.24. The average Bonchev–Trinajstić information content (AvgIpc) is 2.93. The van der Waals surface area contributed by atoms with Gasteiger partial charge in [0.2, 0.25) is 0 Å². The Morgan fingerprint density at radius 2 is 0.564 bits per heavy atom. The topological polar surface area (TPSA) is 57.5 Å². The SMILES string of the molecule is CCCCCCCCCCCCCCCCCCC(O)(CCCCCCCCCCCCCCCC)C(=O)O. The van der Waals surface area contributed by atoms with Crippen LogP contribution in [0.25, 0.3) is 0 Å². The molecule has 0 radical (unpaired) electrons. The van der Waals surface area contributed by atoms with Crippen LogP contribution >= 0.6 is 0 Å². The summed E-state index contributed by atoms with van der Waals surface area (Å²) < 4.78 is 0.